The maximum Gasteiger partial charge on any atom is 0.416 e. The second-order valence-electron chi connectivity index (χ2n) is 8.64. The normalized spacial score (nSPS) is 15.9. The van der Waals surface area contributed by atoms with Gasteiger partial charge in [-0.3, -0.25) is 4.98 Å². The third kappa shape index (κ3) is 7.15. The smallest absolute Gasteiger partial charge is 0.337 e. The van der Waals surface area contributed by atoms with Crippen molar-refractivity contribution in [1.82, 2.24) is 19.5 Å². The zero-order valence-electron chi connectivity index (χ0n) is 19.9. The summed E-state index contributed by atoms with van der Waals surface area (Å²) in [6.07, 6.45) is -3.36. The van der Waals surface area contributed by atoms with Gasteiger partial charge < -0.3 is 15.5 Å². The number of alkyl halides is 3. The number of urea groups is 1. The van der Waals surface area contributed by atoms with Crippen LogP contribution >= 0.6 is 0 Å². The second kappa shape index (κ2) is 10.9. The Morgan fingerprint density at radius 2 is 1.69 bits per heavy atom. The van der Waals surface area contributed by atoms with Gasteiger partial charge in [0.15, 0.2) is 0 Å². The molecule has 3 rings (SSSR count). The Labute approximate surface area is 203 Å². The number of carbonyl (C=O) groups is 1. The average molecular weight is 514 g/mol. The Hall–Kier alpha value is -2.70. The van der Waals surface area contributed by atoms with E-state index in [9.17, 15) is 26.4 Å². The van der Waals surface area contributed by atoms with Gasteiger partial charge in [0.25, 0.3) is 0 Å². The van der Waals surface area contributed by atoms with Crippen molar-refractivity contribution in [2.24, 2.45) is 0 Å². The number of aromatic nitrogens is 1. The van der Waals surface area contributed by atoms with Crippen LogP contribution < -0.4 is 10.6 Å². The number of hydrogen-bond acceptors (Lipinski definition) is 5. The number of rotatable bonds is 7. The lowest BCUT2D eigenvalue weighted by atomic mass is 10.1. The number of amides is 2. The zero-order chi connectivity index (χ0) is 25.8. The molecule has 2 heterocycles. The molecule has 35 heavy (non-hydrogen) atoms. The lowest BCUT2D eigenvalue weighted by Crippen LogP contribution is -2.47. The van der Waals surface area contributed by atoms with Crippen LogP contribution in [0.4, 0.5) is 23.7 Å². The molecule has 1 aliphatic heterocycles. The summed E-state index contributed by atoms with van der Waals surface area (Å²) in [5, 5.41) is 5.60. The average Bonchev–Trinajstić information content (AvgIpc) is 2.78. The number of likely N-dealkylation sites (tertiary alicyclic amines) is 1. The molecule has 2 aromatic rings. The minimum absolute atomic E-state index is 0.162. The summed E-state index contributed by atoms with van der Waals surface area (Å²) < 4.78 is 65.3. The van der Waals surface area contributed by atoms with E-state index in [2.05, 4.69) is 20.5 Å². The molecule has 0 aliphatic carbocycles. The van der Waals surface area contributed by atoms with Crippen molar-refractivity contribution in [2.45, 2.75) is 43.8 Å². The van der Waals surface area contributed by atoms with E-state index < -0.39 is 21.8 Å². The summed E-state index contributed by atoms with van der Waals surface area (Å²) in [6.45, 7) is 6.04. The summed E-state index contributed by atoms with van der Waals surface area (Å²) in [4.78, 5) is 18.4. The van der Waals surface area contributed by atoms with Gasteiger partial charge in [0.2, 0.25) is 10.0 Å². The van der Waals surface area contributed by atoms with Crippen molar-refractivity contribution in [3.63, 3.8) is 0 Å². The predicted octanol–water partition coefficient (Wildman–Crippen LogP) is 3.62. The Bertz CT molecular complexity index is 1110. The summed E-state index contributed by atoms with van der Waals surface area (Å²) in [5.74, 6) is 0. The molecular formula is C23H30F3N5O3S. The number of piperidine rings is 1. The predicted molar refractivity (Wildman–Crippen MR) is 127 cm³/mol. The van der Waals surface area contributed by atoms with Gasteiger partial charge >= 0.3 is 12.2 Å². The fraction of sp³-hybridized carbons (Fsp3) is 0.478. The highest BCUT2D eigenvalue weighted by Crippen LogP contribution is 2.30. The first-order chi connectivity index (χ1) is 16.4. The third-order valence-electron chi connectivity index (χ3n) is 5.98. The number of sulfonamides is 1. The van der Waals surface area contributed by atoms with Gasteiger partial charge in [-0.25, -0.2) is 13.2 Å². The second-order valence-corrected chi connectivity index (χ2v) is 10.6. The molecule has 2 N–H and O–H groups in total. The Balaban J connectivity index is 1.45. The molecule has 1 saturated heterocycles. The van der Waals surface area contributed by atoms with E-state index in [1.165, 1.54) is 11.4 Å². The van der Waals surface area contributed by atoms with Crippen LogP contribution in [0.3, 0.4) is 0 Å². The van der Waals surface area contributed by atoms with Crippen LogP contribution in [-0.2, 0) is 16.2 Å². The molecule has 0 bridgehead atoms. The van der Waals surface area contributed by atoms with E-state index in [4.69, 9.17) is 0 Å². The quantitative estimate of drug-likeness (QED) is 0.590. The maximum absolute atomic E-state index is 12.9. The summed E-state index contributed by atoms with van der Waals surface area (Å²) >= 11 is 0. The molecule has 1 aromatic carbocycles. The maximum atomic E-state index is 12.9. The molecule has 0 radical (unpaired) electrons. The van der Waals surface area contributed by atoms with Crippen molar-refractivity contribution in [3.8, 4) is 0 Å². The Morgan fingerprint density at radius 1 is 1.11 bits per heavy atom. The highest BCUT2D eigenvalue weighted by molar-refractivity contribution is 7.89. The summed E-state index contributed by atoms with van der Waals surface area (Å²) in [6, 6.07) is 6.55. The minimum Gasteiger partial charge on any atom is -0.337 e. The third-order valence-corrected chi connectivity index (χ3v) is 7.91. The van der Waals surface area contributed by atoms with E-state index in [0.717, 1.165) is 35.7 Å². The molecule has 8 nitrogen and oxygen atoms in total. The molecule has 1 aliphatic rings. The molecule has 192 valence electrons. The SMILES string of the molecule is Cc1cc(NC(=O)NCCN2CCC(N(C)S(=O)(=O)c3ccc(C(F)(F)F)cc3)CC2)cc(C)n1. The van der Waals surface area contributed by atoms with Crippen LogP contribution in [0, 0.1) is 13.8 Å². The molecule has 0 atom stereocenters. The number of pyridine rings is 1. The van der Waals surface area contributed by atoms with Gasteiger partial charge in [0.05, 0.1) is 10.5 Å². The van der Waals surface area contributed by atoms with Crippen molar-refractivity contribution >= 4 is 21.7 Å². The monoisotopic (exact) mass is 513 g/mol. The van der Waals surface area contributed by atoms with Gasteiger partial charge in [-0.2, -0.15) is 17.5 Å². The van der Waals surface area contributed by atoms with E-state index in [-0.39, 0.29) is 17.0 Å². The number of aryl methyl sites for hydroxylation is 2. The molecule has 2 amide bonds. The first-order valence-corrected chi connectivity index (χ1v) is 12.7. The van der Waals surface area contributed by atoms with Crippen molar-refractivity contribution < 1.29 is 26.4 Å². The number of hydrogen-bond donors (Lipinski definition) is 2. The van der Waals surface area contributed by atoms with Crippen LogP contribution in [-0.4, -0.2) is 67.9 Å². The van der Waals surface area contributed by atoms with Gasteiger partial charge in [0.1, 0.15) is 0 Å². The summed E-state index contributed by atoms with van der Waals surface area (Å²) in [5.41, 5.74) is 1.41. The first-order valence-electron chi connectivity index (χ1n) is 11.2. The molecule has 12 heteroatoms. The summed E-state index contributed by atoms with van der Waals surface area (Å²) in [7, 11) is -2.44. The first kappa shape index (κ1) is 26.9. The van der Waals surface area contributed by atoms with E-state index in [1.54, 1.807) is 12.1 Å². The molecule has 1 fully saturated rings. The molecular weight excluding hydrogens is 483 g/mol. The standard InChI is InChI=1S/C23H30F3N5O3S/c1-16-14-19(15-17(2)28-16)29-22(32)27-10-13-31-11-8-20(9-12-31)30(3)35(33,34)21-6-4-18(5-7-21)23(24,25)26/h4-7,14-15,20H,8-13H2,1-3H3,(H2,27,28,29,32). The molecule has 0 spiro atoms. The molecule has 0 saturated carbocycles. The highest BCUT2D eigenvalue weighted by Gasteiger charge is 2.33. The number of benzene rings is 1. The zero-order valence-corrected chi connectivity index (χ0v) is 20.7. The van der Waals surface area contributed by atoms with Crippen molar-refractivity contribution in [3.05, 3.63) is 53.3 Å². The largest absolute Gasteiger partial charge is 0.416 e. The topological polar surface area (TPSA) is 94.6 Å². The molecule has 0 unspecified atom stereocenters. The Kier molecular flexibility index (Phi) is 8.39. The van der Waals surface area contributed by atoms with E-state index >= 15 is 0 Å². The van der Waals surface area contributed by atoms with Gasteiger partial charge in [0, 0.05) is 43.3 Å². The van der Waals surface area contributed by atoms with Gasteiger partial charge in [-0.05, 0) is 76.2 Å². The molecule has 1 aromatic heterocycles. The highest BCUT2D eigenvalue weighted by atomic mass is 32.2. The number of nitrogens with zero attached hydrogens (tertiary/aromatic N) is 3. The van der Waals surface area contributed by atoms with Crippen molar-refractivity contribution in [2.75, 3.05) is 38.5 Å². The van der Waals surface area contributed by atoms with Crippen LogP contribution in [0.1, 0.15) is 29.8 Å². The van der Waals surface area contributed by atoms with Crippen LogP contribution in [0.2, 0.25) is 0 Å². The lowest BCUT2D eigenvalue weighted by molar-refractivity contribution is -0.137. The number of carbonyl (C=O) groups excluding carboxylic acids is 1. The fourth-order valence-corrected chi connectivity index (χ4v) is 5.51. The van der Waals surface area contributed by atoms with Crippen molar-refractivity contribution in [1.29, 1.82) is 0 Å². The number of anilines is 1. The van der Waals surface area contributed by atoms with Gasteiger partial charge in [-0.1, -0.05) is 0 Å². The van der Waals surface area contributed by atoms with Crippen LogP contribution in [0.5, 0.6) is 0 Å². The number of halogens is 3. The van der Waals surface area contributed by atoms with E-state index in [0.29, 0.717) is 44.7 Å². The number of nitrogens with one attached hydrogen (secondary N) is 2. The lowest BCUT2D eigenvalue weighted by Gasteiger charge is -2.36. The van der Waals surface area contributed by atoms with Gasteiger partial charge in [-0.15, -0.1) is 0 Å². The minimum atomic E-state index is -4.52. The van der Waals surface area contributed by atoms with Crippen LogP contribution in [0.25, 0.3) is 0 Å². The fourth-order valence-electron chi connectivity index (χ4n) is 4.09. The Morgan fingerprint density at radius 3 is 2.23 bits per heavy atom. The van der Waals surface area contributed by atoms with E-state index in [1.807, 2.05) is 13.8 Å². The van der Waals surface area contributed by atoms with Crippen LogP contribution in [0.15, 0.2) is 41.3 Å².